The summed E-state index contributed by atoms with van der Waals surface area (Å²) in [5.41, 5.74) is 2.32. The third-order valence-electron chi connectivity index (χ3n) is 5.98. The number of aryl methyl sites for hydroxylation is 1. The number of hydrogen-bond donors (Lipinski definition) is 0. The molecule has 2 heterocycles. The van der Waals surface area contributed by atoms with Gasteiger partial charge in [0.2, 0.25) is 11.1 Å². The Balaban J connectivity index is 1.32. The molecule has 0 aliphatic carbocycles. The van der Waals surface area contributed by atoms with E-state index >= 15 is 0 Å². The van der Waals surface area contributed by atoms with E-state index in [1.165, 1.54) is 5.56 Å². The van der Waals surface area contributed by atoms with E-state index in [9.17, 15) is 9.00 Å². The van der Waals surface area contributed by atoms with Crippen LogP contribution in [0.25, 0.3) is 0 Å². The molecule has 0 aromatic heterocycles. The zero-order valence-corrected chi connectivity index (χ0v) is 18.3. The van der Waals surface area contributed by atoms with Crippen LogP contribution >= 0.6 is 0 Å². The molecule has 0 bridgehead atoms. The number of ether oxygens (including phenoxy) is 1. The van der Waals surface area contributed by atoms with E-state index in [0.29, 0.717) is 17.3 Å². The zero-order valence-electron chi connectivity index (χ0n) is 17.5. The first-order chi connectivity index (χ1) is 14.5. The van der Waals surface area contributed by atoms with E-state index in [1.807, 2.05) is 55.5 Å². The minimum Gasteiger partial charge on any atom is -0.397 e. The summed E-state index contributed by atoms with van der Waals surface area (Å²) in [7, 11) is 0. The normalized spacial score (nSPS) is 22.7. The average molecular weight is 429 g/mol. The summed E-state index contributed by atoms with van der Waals surface area (Å²) in [6.45, 7) is 8.56. The second kappa shape index (κ2) is 9.39. The maximum atomic E-state index is 12.4. The third-order valence-corrected chi connectivity index (χ3v) is 6.98. The number of piperazine rings is 1. The molecule has 2 fully saturated rings. The maximum Gasteiger partial charge on any atom is 0.240 e. The molecule has 160 valence electrons. The van der Waals surface area contributed by atoms with Gasteiger partial charge in [-0.05, 0) is 43.7 Å². The highest BCUT2D eigenvalue weighted by Gasteiger charge is 2.33. The summed E-state index contributed by atoms with van der Waals surface area (Å²) < 4.78 is 23.3. The number of carbonyl (C=O) groups excluding carboxylic acids is 1. The first-order valence-electron chi connectivity index (χ1n) is 10.4. The molecule has 0 amide bonds. The standard InChI is InChI=1S/C23H28N2O4S/c1-17-3-9-21(10-4-17)30(27)29-20-7-5-19(6-8-20)18(2)24-11-13-25(14-12-24)22-15-28-16-23(22)26/h3-10,18,22H,11-16H2,1-2H3. The van der Waals surface area contributed by atoms with Crippen LogP contribution in [0.3, 0.4) is 0 Å². The van der Waals surface area contributed by atoms with Crippen LogP contribution in [0.15, 0.2) is 53.4 Å². The molecule has 2 aromatic rings. The van der Waals surface area contributed by atoms with Crippen molar-refractivity contribution >= 4 is 16.9 Å². The Morgan fingerprint density at radius 1 is 1.03 bits per heavy atom. The minimum atomic E-state index is -1.53. The quantitative estimate of drug-likeness (QED) is 0.705. The fourth-order valence-electron chi connectivity index (χ4n) is 4.00. The van der Waals surface area contributed by atoms with Gasteiger partial charge in [-0.25, -0.2) is 4.21 Å². The van der Waals surface area contributed by atoms with Crippen molar-refractivity contribution in [2.45, 2.75) is 30.8 Å². The number of rotatable bonds is 6. The molecular formula is C23H28N2O4S. The molecule has 3 atom stereocenters. The Bertz CT molecular complexity index is 892. The number of nitrogens with zero attached hydrogens (tertiary/aromatic N) is 2. The number of benzene rings is 2. The first kappa shape index (κ1) is 21.2. The van der Waals surface area contributed by atoms with Crippen LogP contribution in [0.5, 0.6) is 5.75 Å². The molecule has 0 saturated carbocycles. The lowest BCUT2D eigenvalue weighted by Crippen LogP contribution is -2.52. The molecule has 3 unspecified atom stereocenters. The van der Waals surface area contributed by atoms with E-state index in [-0.39, 0.29) is 24.5 Å². The first-order valence-corrected chi connectivity index (χ1v) is 11.4. The largest absolute Gasteiger partial charge is 0.397 e. The van der Waals surface area contributed by atoms with Crippen molar-refractivity contribution in [3.63, 3.8) is 0 Å². The van der Waals surface area contributed by atoms with Crippen LogP contribution in [-0.4, -0.2) is 65.2 Å². The molecule has 30 heavy (non-hydrogen) atoms. The van der Waals surface area contributed by atoms with Crippen LogP contribution in [0.4, 0.5) is 0 Å². The lowest BCUT2D eigenvalue weighted by atomic mass is 10.1. The number of carbonyl (C=O) groups is 1. The Morgan fingerprint density at radius 2 is 1.70 bits per heavy atom. The predicted molar refractivity (Wildman–Crippen MR) is 116 cm³/mol. The van der Waals surface area contributed by atoms with Crippen molar-refractivity contribution in [1.29, 1.82) is 0 Å². The lowest BCUT2D eigenvalue weighted by molar-refractivity contribution is -0.122. The molecule has 0 N–H and O–H groups in total. The van der Waals surface area contributed by atoms with Gasteiger partial charge < -0.3 is 8.92 Å². The van der Waals surface area contributed by atoms with Gasteiger partial charge in [0.1, 0.15) is 12.4 Å². The van der Waals surface area contributed by atoms with Crippen molar-refractivity contribution in [3.05, 3.63) is 59.7 Å². The molecular weight excluding hydrogens is 400 g/mol. The summed E-state index contributed by atoms with van der Waals surface area (Å²) in [5.74, 6) is 0.796. The average Bonchev–Trinajstić information content (AvgIpc) is 3.20. The Hall–Kier alpha value is -2.06. The van der Waals surface area contributed by atoms with Gasteiger partial charge >= 0.3 is 0 Å². The molecule has 2 aliphatic heterocycles. The van der Waals surface area contributed by atoms with Gasteiger partial charge in [-0.2, -0.15) is 0 Å². The highest BCUT2D eigenvalue weighted by Crippen LogP contribution is 2.25. The molecule has 6 nitrogen and oxygen atoms in total. The zero-order chi connectivity index (χ0) is 21.1. The van der Waals surface area contributed by atoms with E-state index in [2.05, 4.69) is 16.7 Å². The van der Waals surface area contributed by atoms with Crippen LogP contribution in [0.2, 0.25) is 0 Å². The van der Waals surface area contributed by atoms with Crippen molar-refractivity contribution < 1.29 is 17.9 Å². The fourth-order valence-corrected chi connectivity index (χ4v) is 4.74. The highest BCUT2D eigenvalue weighted by molar-refractivity contribution is 7.80. The predicted octanol–water partition coefficient (Wildman–Crippen LogP) is 2.74. The number of Topliss-reactive ketones (excluding diaryl/α,β-unsaturated/α-hetero) is 1. The van der Waals surface area contributed by atoms with E-state index in [0.717, 1.165) is 31.7 Å². The molecule has 0 spiro atoms. The third kappa shape index (κ3) is 4.81. The number of hydrogen-bond acceptors (Lipinski definition) is 6. The molecule has 7 heteroatoms. The van der Waals surface area contributed by atoms with E-state index < -0.39 is 11.1 Å². The molecule has 2 aliphatic rings. The van der Waals surface area contributed by atoms with Gasteiger partial charge in [-0.15, -0.1) is 0 Å². The summed E-state index contributed by atoms with van der Waals surface area (Å²) >= 11 is -1.53. The Labute approximate surface area is 180 Å². The van der Waals surface area contributed by atoms with Gasteiger partial charge in [-0.1, -0.05) is 29.8 Å². The van der Waals surface area contributed by atoms with Crippen LogP contribution in [0.1, 0.15) is 24.1 Å². The highest BCUT2D eigenvalue weighted by atomic mass is 32.2. The van der Waals surface area contributed by atoms with Gasteiger partial charge in [0.15, 0.2) is 5.78 Å². The SMILES string of the molecule is Cc1ccc(S(=O)Oc2ccc(C(C)N3CCN(C4COCC4=O)CC3)cc2)cc1. The second-order valence-electron chi connectivity index (χ2n) is 7.95. The van der Waals surface area contributed by atoms with Gasteiger partial charge in [0.25, 0.3) is 0 Å². The second-order valence-corrected chi connectivity index (χ2v) is 9.05. The smallest absolute Gasteiger partial charge is 0.240 e. The molecule has 2 saturated heterocycles. The minimum absolute atomic E-state index is 0.0618. The Kier molecular flexibility index (Phi) is 6.63. The maximum absolute atomic E-state index is 12.4. The van der Waals surface area contributed by atoms with Crippen molar-refractivity contribution in [2.24, 2.45) is 0 Å². The van der Waals surface area contributed by atoms with Crippen molar-refractivity contribution in [2.75, 3.05) is 39.4 Å². The lowest BCUT2D eigenvalue weighted by Gasteiger charge is -2.39. The summed E-state index contributed by atoms with van der Waals surface area (Å²) in [5, 5.41) is 0. The van der Waals surface area contributed by atoms with Gasteiger partial charge in [0.05, 0.1) is 17.5 Å². The van der Waals surface area contributed by atoms with Crippen LogP contribution in [0, 0.1) is 6.92 Å². The van der Waals surface area contributed by atoms with Crippen LogP contribution < -0.4 is 4.18 Å². The molecule has 2 aromatic carbocycles. The Morgan fingerprint density at radius 3 is 2.30 bits per heavy atom. The topological polar surface area (TPSA) is 59.1 Å². The molecule has 4 rings (SSSR count). The van der Waals surface area contributed by atoms with Gasteiger partial charge in [-0.3, -0.25) is 14.6 Å². The summed E-state index contributed by atoms with van der Waals surface area (Å²) in [4.78, 5) is 17.2. The summed E-state index contributed by atoms with van der Waals surface area (Å²) in [6.07, 6.45) is 0. The number of ketones is 1. The van der Waals surface area contributed by atoms with Gasteiger partial charge in [0, 0.05) is 32.2 Å². The molecule has 0 radical (unpaired) electrons. The van der Waals surface area contributed by atoms with E-state index in [1.54, 1.807) is 0 Å². The van der Waals surface area contributed by atoms with Crippen molar-refractivity contribution in [1.82, 2.24) is 9.80 Å². The monoisotopic (exact) mass is 428 g/mol. The van der Waals surface area contributed by atoms with Crippen molar-refractivity contribution in [3.8, 4) is 5.75 Å². The summed E-state index contributed by atoms with van der Waals surface area (Å²) in [6, 6.07) is 15.5. The van der Waals surface area contributed by atoms with E-state index in [4.69, 9.17) is 8.92 Å². The van der Waals surface area contributed by atoms with Crippen LogP contribution in [-0.2, 0) is 20.6 Å². The fraction of sp³-hybridized carbons (Fsp3) is 0.435.